The summed E-state index contributed by atoms with van der Waals surface area (Å²) < 4.78 is 0. The van der Waals surface area contributed by atoms with Gasteiger partial charge >= 0.3 is 0 Å². The Morgan fingerprint density at radius 3 is 2.32 bits per heavy atom. The first-order valence-corrected chi connectivity index (χ1v) is 9.07. The molecule has 2 aromatic carbocycles. The van der Waals surface area contributed by atoms with Gasteiger partial charge in [-0.2, -0.15) is 0 Å². The highest BCUT2D eigenvalue weighted by molar-refractivity contribution is 6.30. The first kappa shape index (κ1) is 17.8. The number of amides is 1. The summed E-state index contributed by atoms with van der Waals surface area (Å²) in [6.07, 6.45) is 1.44. The molecule has 4 nitrogen and oxygen atoms in total. The maximum absolute atomic E-state index is 12.6. The first-order valence-electron chi connectivity index (χ1n) is 8.69. The van der Waals surface area contributed by atoms with Crippen LogP contribution in [0.2, 0.25) is 5.02 Å². The Labute approximate surface area is 154 Å². The van der Waals surface area contributed by atoms with E-state index in [-0.39, 0.29) is 5.91 Å². The average molecular weight is 358 g/mol. The summed E-state index contributed by atoms with van der Waals surface area (Å²) in [7, 11) is 0. The van der Waals surface area contributed by atoms with Crippen LogP contribution in [0.5, 0.6) is 0 Å². The number of nitrogen functional groups attached to an aromatic ring is 1. The SMILES string of the molecule is Nc1ccc(CC(=O)N2CCCN(Cc3ccc(Cl)cc3)CC2)cc1. The van der Waals surface area contributed by atoms with Crippen molar-refractivity contribution in [1.29, 1.82) is 0 Å². The van der Waals surface area contributed by atoms with Gasteiger partial charge in [0.2, 0.25) is 5.91 Å². The number of hydrogen-bond donors (Lipinski definition) is 1. The quantitative estimate of drug-likeness (QED) is 0.855. The molecule has 0 bridgehead atoms. The van der Waals surface area contributed by atoms with Gasteiger partial charge < -0.3 is 10.6 Å². The summed E-state index contributed by atoms with van der Waals surface area (Å²) in [6, 6.07) is 15.5. The summed E-state index contributed by atoms with van der Waals surface area (Å²) in [4.78, 5) is 17.0. The van der Waals surface area contributed by atoms with Gasteiger partial charge in [-0.05, 0) is 41.8 Å². The molecule has 1 saturated heterocycles. The minimum Gasteiger partial charge on any atom is -0.399 e. The van der Waals surface area contributed by atoms with Crippen LogP contribution < -0.4 is 5.73 Å². The molecule has 0 atom stereocenters. The average Bonchev–Trinajstić information content (AvgIpc) is 2.85. The van der Waals surface area contributed by atoms with E-state index in [2.05, 4.69) is 17.0 Å². The fraction of sp³-hybridized carbons (Fsp3) is 0.350. The first-order chi connectivity index (χ1) is 12.1. The van der Waals surface area contributed by atoms with Gasteiger partial charge in [0, 0.05) is 43.4 Å². The lowest BCUT2D eigenvalue weighted by Crippen LogP contribution is -2.36. The summed E-state index contributed by atoms with van der Waals surface area (Å²) in [6.45, 7) is 4.41. The van der Waals surface area contributed by atoms with Crippen molar-refractivity contribution >= 4 is 23.2 Å². The third kappa shape index (κ3) is 5.21. The van der Waals surface area contributed by atoms with Gasteiger partial charge in [-0.15, -0.1) is 0 Å². The highest BCUT2D eigenvalue weighted by atomic mass is 35.5. The van der Waals surface area contributed by atoms with E-state index < -0.39 is 0 Å². The van der Waals surface area contributed by atoms with E-state index in [9.17, 15) is 4.79 Å². The van der Waals surface area contributed by atoms with Crippen molar-refractivity contribution in [3.05, 3.63) is 64.7 Å². The van der Waals surface area contributed by atoms with Crippen molar-refractivity contribution in [3.63, 3.8) is 0 Å². The van der Waals surface area contributed by atoms with E-state index in [4.69, 9.17) is 17.3 Å². The van der Waals surface area contributed by atoms with Crippen LogP contribution in [0.1, 0.15) is 17.5 Å². The number of benzene rings is 2. The van der Waals surface area contributed by atoms with Crippen LogP contribution in [0.4, 0.5) is 5.69 Å². The molecule has 0 unspecified atom stereocenters. The molecule has 0 saturated carbocycles. The number of halogens is 1. The minimum absolute atomic E-state index is 0.193. The maximum Gasteiger partial charge on any atom is 0.227 e. The molecule has 1 fully saturated rings. The summed E-state index contributed by atoms with van der Waals surface area (Å²) in [5, 5.41) is 0.763. The Balaban J connectivity index is 1.52. The molecule has 0 radical (unpaired) electrons. The van der Waals surface area contributed by atoms with Crippen LogP contribution in [0, 0.1) is 0 Å². The molecule has 25 heavy (non-hydrogen) atoms. The highest BCUT2D eigenvalue weighted by Gasteiger charge is 2.19. The lowest BCUT2D eigenvalue weighted by molar-refractivity contribution is -0.130. The van der Waals surface area contributed by atoms with Crippen LogP contribution >= 0.6 is 11.6 Å². The van der Waals surface area contributed by atoms with E-state index in [1.165, 1.54) is 5.56 Å². The molecule has 0 aliphatic carbocycles. The van der Waals surface area contributed by atoms with E-state index >= 15 is 0 Å². The number of nitrogens with two attached hydrogens (primary N) is 1. The molecule has 5 heteroatoms. The minimum atomic E-state index is 0.193. The van der Waals surface area contributed by atoms with Crippen LogP contribution in [0.15, 0.2) is 48.5 Å². The molecular weight excluding hydrogens is 334 g/mol. The maximum atomic E-state index is 12.6. The molecule has 3 rings (SSSR count). The zero-order chi connectivity index (χ0) is 17.6. The van der Waals surface area contributed by atoms with Crippen molar-refractivity contribution in [2.75, 3.05) is 31.9 Å². The molecule has 0 spiro atoms. The fourth-order valence-corrected chi connectivity index (χ4v) is 3.27. The Morgan fingerprint density at radius 1 is 0.920 bits per heavy atom. The molecular formula is C20H24ClN3O. The molecule has 2 aromatic rings. The van der Waals surface area contributed by atoms with Gasteiger partial charge in [-0.1, -0.05) is 35.9 Å². The molecule has 1 amide bonds. The Kier molecular flexibility index (Phi) is 5.95. The van der Waals surface area contributed by atoms with Crippen molar-refractivity contribution in [2.45, 2.75) is 19.4 Å². The van der Waals surface area contributed by atoms with Crippen LogP contribution in [0.25, 0.3) is 0 Å². The van der Waals surface area contributed by atoms with Crippen molar-refractivity contribution in [1.82, 2.24) is 9.80 Å². The number of rotatable bonds is 4. The Bertz CT molecular complexity index is 700. The third-order valence-corrected chi connectivity index (χ3v) is 4.85. The fourth-order valence-electron chi connectivity index (χ4n) is 3.15. The predicted octanol–water partition coefficient (Wildman–Crippen LogP) is 3.20. The topological polar surface area (TPSA) is 49.6 Å². The standard InChI is InChI=1S/C20H24ClN3O/c21-18-6-2-17(3-7-18)15-23-10-1-11-24(13-12-23)20(25)14-16-4-8-19(22)9-5-16/h2-9H,1,10-15,22H2. The smallest absolute Gasteiger partial charge is 0.227 e. The van der Waals surface area contributed by atoms with Gasteiger partial charge in [-0.25, -0.2) is 0 Å². The normalized spacial score (nSPS) is 15.8. The summed E-state index contributed by atoms with van der Waals surface area (Å²) in [5.41, 5.74) is 8.70. The second-order valence-corrected chi connectivity index (χ2v) is 6.99. The van der Waals surface area contributed by atoms with Gasteiger partial charge in [0.1, 0.15) is 0 Å². The van der Waals surface area contributed by atoms with E-state index in [1.807, 2.05) is 41.3 Å². The number of nitrogens with zero attached hydrogens (tertiary/aromatic N) is 2. The van der Waals surface area contributed by atoms with Crippen molar-refractivity contribution in [3.8, 4) is 0 Å². The van der Waals surface area contributed by atoms with E-state index in [0.29, 0.717) is 6.42 Å². The van der Waals surface area contributed by atoms with Crippen LogP contribution in [0.3, 0.4) is 0 Å². The van der Waals surface area contributed by atoms with Gasteiger partial charge in [0.05, 0.1) is 6.42 Å². The lowest BCUT2D eigenvalue weighted by Gasteiger charge is -2.22. The molecule has 1 aliphatic heterocycles. The molecule has 2 N–H and O–H groups in total. The second-order valence-electron chi connectivity index (χ2n) is 6.56. The predicted molar refractivity (Wildman–Crippen MR) is 102 cm³/mol. The monoisotopic (exact) mass is 357 g/mol. The van der Waals surface area contributed by atoms with Crippen LogP contribution in [-0.4, -0.2) is 41.9 Å². The number of carbonyl (C=O) groups excluding carboxylic acids is 1. The number of hydrogen-bond acceptors (Lipinski definition) is 3. The highest BCUT2D eigenvalue weighted by Crippen LogP contribution is 2.14. The second kappa shape index (κ2) is 8.37. The molecule has 0 aromatic heterocycles. The summed E-state index contributed by atoms with van der Waals surface area (Å²) >= 11 is 5.94. The van der Waals surface area contributed by atoms with E-state index in [0.717, 1.165) is 55.4 Å². The molecule has 132 valence electrons. The van der Waals surface area contributed by atoms with Gasteiger partial charge in [-0.3, -0.25) is 9.69 Å². The zero-order valence-electron chi connectivity index (χ0n) is 14.3. The molecule has 1 aliphatic rings. The Morgan fingerprint density at radius 2 is 1.60 bits per heavy atom. The van der Waals surface area contributed by atoms with Gasteiger partial charge in [0.25, 0.3) is 0 Å². The summed E-state index contributed by atoms with van der Waals surface area (Å²) in [5.74, 6) is 0.193. The largest absolute Gasteiger partial charge is 0.399 e. The number of carbonyl (C=O) groups is 1. The molecule has 1 heterocycles. The number of anilines is 1. The zero-order valence-corrected chi connectivity index (χ0v) is 15.1. The van der Waals surface area contributed by atoms with Gasteiger partial charge in [0.15, 0.2) is 0 Å². The lowest BCUT2D eigenvalue weighted by atomic mass is 10.1. The third-order valence-electron chi connectivity index (χ3n) is 4.60. The van der Waals surface area contributed by atoms with E-state index in [1.54, 1.807) is 0 Å². The Hall–Kier alpha value is -2.04. The van der Waals surface area contributed by atoms with Crippen molar-refractivity contribution < 1.29 is 4.79 Å². The van der Waals surface area contributed by atoms with Crippen LogP contribution in [-0.2, 0) is 17.8 Å². The van der Waals surface area contributed by atoms with Crippen molar-refractivity contribution in [2.24, 2.45) is 0 Å².